The van der Waals surface area contributed by atoms with E-state index in [1.807, 2.05) is 62.5 Å². The first-order chi connectivity index (χ1) is 15.1. The zero-order valence-corrected chi connectivity index (χ0v) is 17.1. The third-order valence-electron chi connectivity index (χ3n) is 5.35. The topological polar surface area (TPSA) is 77.1 Å². The van der Waals surface area contributed by atoms with E-state index in [0.717, 1.165) is 28.1 Å². The maximum atomic E-state index is 12.8. The number of hydrogen-bond donors (Lipinski definition) is 1. The number of fused-ring (bicyclic) bond motifs is 1. The first-order valence-electron chi connectivity index (χ1n) is 9.91. The summed E-state index contributed by atoms with van der Waals surface area (Å²) in [6.45, 7) is 1.99. The summed E-state index contributed by atoms with van der Waals surface area (Å²) >= 11 is 0. The van der Waals surface area contributed by atoms with Crippen molar-refractivity contribution in [3.8, 4) is 22.4 Å². The van der Waals surface area contributed by atoms with Gasteiger partial charge in [0, 0.05) is 36.3 Å². The minimum absolute atomic E-state index is 0.285. The number of rotatable bonds is 4. The number of aromatic nitrogens is 5. The van der Waals surface area contributed by atoms with E-state index < -0.39 is 0 Å². The molecule has 152 valence electrons. The Bertz CT molecular complexity index is 1380. The van der Waals surface area contributed by atoms with E-state index in [0.29, 0.717) is 17.0 Å². The predicted octanol–water partition coefficient (Wildman–Crippen LogP) is 4.36. The van der Waals surface area contributed by atoms with Crippen molar-refractivity contribution in [3.05, 3.63) is 90.5 Å². The number of aryl methyl sites for hydroxylation is 1. The highest BCUT2D eigenvalue weighted by Gasteiger charge is 2.16. The summed E-state index contributed by atoms with van der Waals surface area (Å²) in [5, 5.41) is 11.7. The molecule has 0 aliphatic carbocycles. The highest BCUT2D eigenvalue weighted by molar-refractivity contribution is 6.03. The molecule has 1 N–H and O–H groups in total. The van der Waals surface area contributed by atoms with Crippen LogP contribution in [0.15, 0.2) is 79.1 Å². The normalized spacial score (nSPS) is 11.0. The van der Waals surface area contributed by atoms with Crippen LogP contribution in [0.3, 0.4) is 0 Å². The fourth-order valence-electron chi connectivity index (χ4n) is 3.53. The molecular formula is C24H20N6O. The molecule has 1 amide bonds. The van der Waals surface area contributed by atoms with Gasteiger partial charge in [0.15, 0.2) is 11.3 Å². The van der Waals surface area contributed by atoms with Crippen molar-refractivity contribution in [1.82, 2.24) is 24.4 Å². The minimum Gasteiger partial charge on any atom is -0.321 e. The summed E-state index contributed by atoms with van der Waals surface area (Å²) in [5.74, 6) is -0.285. The second-order valence-electron chi connectivity index (χ2n) is 7.29. The lowest BCUT2D eigenvalue weighted by Gasteiger charge is -2.06. The van der Waals surface area contributed by atoms with Crippen molar-refractivity contribution in [2.75, 3.05) is 5.32 Å². The standard InChI is InChI=1S/C24H20N6O/c1-16-20(15-26-29(16)2)22-12-13-25-23-14-21(28-30(22)23)24(31)27-19-10-8-18(9-11-19)17-6-4-3-5-7-17/h3-15H,1-2H3,(H,27,31). The van der Waals surface area contributed by atoms with Gasteiger partial charge in [0.25, 0.3) is 5.91 Å². The number of anilines is 1. The maximum Gasteiger partial charge on any atom is 0.276 e. The average molecular weight is 408 g/mol. The van der Waals surface area contributed by atoms with Gasteiger partial charge >= 0.3 is 0 Å². The molecule has 5 aromatic rings. The Morgan fingerprint density at radius 1 is 0.968 bits per heavy atom. The molecule has 31 heavy (non-hydrogen) atoms. The summed E-state index contributed by atoms with van der Waals surface area (Å²) in [7, 11) is 1.89. The number of amides is 1. The van der Waals surface area contributed by atoms with Crippen LogP contribution in [-0.2, 0) is 7.05 Å². The van der Waals surface area contributed by atoms with Crippen LogP contribution in [-0.4, -0.2) is 30.3 Å². The van der Waals surface area contributed by atoms with Crippen LogP contribution in [0.4, 0.5) is 5.69 Å². The van der Waals surface area contributed by atoms with Crippen LogP contribution in [0.1, 0.15) is 16.2 Å². The van der Waals surface area contributed by atoms with Gasteiger partial charge in [0.05, 0.1) is 11.9 Å². The van der Waals surface area contributed by atoms with E-state index in [4.69, 9.17) is 0 Å². The molecule has 0 aliphatic rings. The Hall–Kier alpha value is -4.26. The lowest BCUT2D eigenvalue weighted by Crippen LogP contribution is -2.12. The van der Waals surface area contributed by atoms with E-state index in [2.05, 4.69) is 32.6 Å². The molecule has 2 aromatic carbocycles. The van der Waals surface area contributed by atoms with Gasteiger partial charge in [-0.15, -0.1) is 0 Å². The molecule has 7 nitrogen and oxygen atoms in total. The van der Waals surface area contributed by atoms with Crippen LogP contribution in [0, 0.1) is 6.92 Å². The van der Waals surface area contributed by atoms with E-state index in [1.54, 1.807) is 27.7 Å². The molecule has 0 radical (unpaired) electrons. The lowest BCUT2D eigenvalue weighted by molar-refractivity contribution is 0.102. The molecule has 0 saturated carbocycles. The van der Waals surface area contributed by atoms with Crippen molar-refractivity contribution in [2.45, 2.75) is 6.92 Å². The predicted molar refractivity (Wildman–Crippen MR) is 120 cm³/mol. The van der Waals surface area contributed by atoms with Gasteiger partial charge in [0.1, 0.15) is 0 Å². The Morgan fingerprint density at radius 2 is 1.71 bits per heavy atom. The highest BCUT2D eigenvalue weighted by Crippen LogP contribution is 2.24. The van der Waals surface area contributed by atoms with Gasteiger partial charge in [-0.05, 0) is 36.2 Å². The van der Waals surface area contributed by atoms with Crippen LogP contribution in [0.2, 0.25) is 0 Å². The molecule has 0 unspecified atom stereocenters. The highest BCUT2D eigenvalue weighted by atomic mass is 16.1. The summed E-state index contributed by atoms with van der Waals surface area (Å²) in [5.41, 5.74) is 6.62. The molecule has 0 bridgehead atoms. The fraction of sp³-hybridized carbons (Fsp3) is 0.0833. The first kappa shape index (κ1) is 18.7. The Morgan fingerprint density at radius 3 is 2.42 bits per heavy atom. The van der Waals surface area contributed by atoms with Gasteiger partial charge in [0.2, 0.25) is 0 Å². The van der Waals surface area contributed by atoms with Crippen molar-refractivity contribution < 1.29 is 4.79 Å². The van der Waals surface area contributed by atoms with Crippen LogP contribution >= 0.6 is 0 Å². The fourth-order valence-corrected chi connectivity index (χ4v) is 3.53. The molecule has 0 atom stereocenters. The van der Waals surface area contributed by atoms with Crippen molar-refractivity contribution in [3.63, 3.8) is 0 Å². The van der Waals surface area contributed by atoms with Crippen molar-refractivity contribution in [1.29, 1.82) is 0 Å². The second kappa shape index (κ2) is 7.53. The average Bonchev–Trinajstić information content (AvgIpc) is 3.38. The Balaban J connectivity index is 1.42. The molecule has 7 heteroatoms. The van der Waals surface area contributed by atoms with E-state index >= 15 is 0 Å². The zero-order valence-electron chi connectivity index (χ0n) is 17.1. The molecule has 0 spiro atoms. The number of hydrogen-bond acceptors (Lipinski definition) is 4. The monoisotopic (exact) mass is 408 g/mol. The molecule has 0 aliphatic heterocycles. The number of carbonyl (C=O) groups excluding carboxylic acids is 1. The number of benzene rings is 2. The summed E-state index contributed by atoms with van der Waals surface area (Å²) in [6.07, 6.45) is 3.50. The number of nitrogens with one attached hydrogen (secondary N) is 1. The van der Waals surface area contributed by atoms with Gasteiger partial charge in [-0.1, -0.05) is 42.5 Å². The van der Waals surface area contributed by atoms with Crippen LogP contribution < -0.4 is 5.32 Å². The molecular weight excluding hydrogens is 388 g/mol. The summed E-state index contributed by atoms with van der Waals surface area (Å²) < 4.78 is 3.48. The van der Waals surface area contributed by atoms with Gasteiger partial charge in [-0.3, -0.25) is 9.48 Å². The van der Waals surface area contributed by atoms with Crippen LogP contribution in [0.5, 0.6) is 0 Å². The third kappa shape index (κ3) is 3.46. The third-order valence-corrected chi connectivity index (χ3v) is 5.35. The van der Waals surface area contributed by atoms with Crippen LogP contribution in [0.25, 0.3) is 28.0 Å². The quantitative estimate of drug-likeness (QED) is 0.479. The van der Waals surface area contributed by atoms with Crippen molar-refractivity contribution in [2.24, 2.45) is 7.05 Å². The number of nitrogens with zero attached hydrogens (tertiary/aromatic N) is 5. The second-order valence-corrected chi connectivity index (χ2v) is 7.29. The Labute approximate surface area is 179 Å². The van der Waals surface area contributed by atoms with E-state index in [1.165, 1.54) is 0 Å². The van der Waals surface area contributed by atoms with E-state index in [9.17, 15) is 4.79 Å². The van der Waals surface area contributed by atoms with Crippen molar-refractivity contribution >= 4 is 17.2 Å². The SMILES string of the molecule is Cc1c(-c2ccnc3cc(C(=O)Nc4ccc(-c5ccccc5)cc4)nn23)cnn1C. The van der Waals surface area contributed by atoms with Gasteiger partial charge < -0.3 is 5.32 Å². The molecule has 0 saturated heterocycles. The smallest absolute Gasteiger partial charge is 0.276 e. The molecule has 0 fully saturated rings. The van der Waals surface area contributed by atoms with E-state index in [-0.39, 0.29) is 5.91 Å². The molecule has 5 rings (SSSR count). The summed E-state index contributed by atoms with van der Waals surface area (Å²) in [6, 6.07) is 21.4. The largest absolute Gasteiger partial charge is 0.321 e. The maximum absolute atomic E-state index is 12.8. The summed E-state index contributed by atoms with van der Waals surface area (Å²) in [4.78, 5) is 17.2. The zero-order chi connectivity index (χ0) is 21.4. The Kier molecular flexibility index (Phi) is 4.55. The first-order valence-corrected chi connectivity index (χ1v) is 9.91. The lowest BCUT2D eigenvalue weighted by atomic mass is 10.1. The van der Waals surface area contributed by atoms with Gasteiger partial charge in [-0.2, -0.15) is 10.2 Å². The number of carbonyl (C=O) groups is 1. The minimum atomic E-state index is -0.285. The van der Waals surface area contributed by atoms with Gasteiger partial charge in [-0.25, -0.2) is 9.50 Å². The molecule has 3 heterocycles. The molecule has 3 aromatic heterocycles.